The predicted octanol–water partition coefficient (Wildman–Crippen LogP) is 5.12. The number of hydrogen-bond acceptors (Lipinski definition) is 3. The molecular formula is C16H17Cl2N3O. The Morgan fingerprint density at radius 3 is 2.41 bits per heavy atom. The number of carbonyl (C=O) groups excluding carboxylic acids is 1. The lowest BCUT2D eigenvalue weighted by Gasteiger charge is -2.17. The predicted molar refractivity (Wildman–Crippen MR) is 92.1 cm³/mol. The van der Waals surface area contributed by atoms with E-state index in [0.29, 0.717) is 15.9 Å². The highest BCUT2D eigenvalue weighted by molar-refractivity contribution is 6.36. The number of hydrogen-bond donors (Lipinski definition) is 2. The van der Waals surface area contributed by atoms with Crippen LogP contribution in [-0.4, -0.2) is 10.9 Å². The minimum absolute atomic E-state index is 0.0820. The van der Waals surface area contributed by atoms with Crippen LogP contribution in [0.1, 0.15) is 20.8 Å². The van der Waals surface area contributed by atoms with E-state index in [2.05, 4.69) is 15.6 Å². The molecule has 0 spiro atoms. The van der Waals surface area contributed by atoms with Crippen LogP contribution < -0.4 is 10.6 Å². The minimum Gasteiger partial charge on any atom is -0.353 e. The van der Waals surface area contributed by atoms with Gasteiger partial charge in [0, 0.05) is 10.4 Å². The summed E-state index contributed by atoms with van der Waals surface area (Å²) in [7, 11) is 0. The van der Waals surface area contributed by atoms with Crippen LogP contribution in [0.5, 0.6) is 0 Å². The Kier molecular flexibility index (Phi) is 4.94. The molecule has 0 saturated heterocycles. The van der Waals surface area contributed by atoms with Crippen LogP contribution in [-0.2, 0) is 4.79 Å². The zero-order chi connectivity index (χ0) is 16.3. The molecule has 0 radical (unpaired) electrons. The lowest BCUT2D eigenvalue weighted by Crippen LogP contribution is -2.27. The lowest BCUT2D eigenvalue weighted by atomic mass is 9.96. The number of aromatic nitrogens is 1. The van der Waals surface area contributed by atoms with Gasteiger partial charge in [-0.2, -0.15) is 0 Å². The van der Waals surface area contributed by atoms with Crippen molar-refractivity contribution in [3.63, 3.8) is 0 Å². The molecule has 2 aromatic rings. The van der Waals surface area contributed by atoms with Crippen LogP contribution >= 0.6 is 23.2 Å². The fourth-order valence-corrected chi connectivity index (χ4v) is 2.05. The zero-order valence-corrected chi connectivity index (χ0v) is 14.1. The van der Waals surface area contributed by atoms with E-state index in [1.807, 2.05) is 26.8 Å². The normalized spacial score (nSPS) is 11.1. The summed E-state index contributed by atoms with van der Waals surface area (Å²) in [6.07, 6.45) is 1.63. The highest BCUT2D eigenvalue weighted by Crippen LogP contribution is 2.28. The van der Waals surface area contributed by atoms with E-state index in [4.69, 9.17) is 23.2 Å². The van der Waals surface area contributed by atoms with Crippen LogP contribution in [0, 0.1) is 5.41 Å². The van der Waals surface area contributed by atoms with E-state index in [-0.39, 0.29) is 5.91 Å². The van der Waals surface area contributed by atoms with E-state index in [1.165, 1.54) is 0 Å². The number of benzene rings is 1. The number of anilines is 3. The maximum atomic E-state index is 11.9. The lowest BCUT2D eigenvalue weighted by molar-refractivity contribution is -0.123. The van der Waals surface area contributed by atoms with Crippen molar-refractivity contribution in [2.24, 2.45) is 5.41 Å². The number of rotatable bonds is 3. The Hall–Kier alpha value is -1.78. The Bertz CT molecular complexity index is 679. The third kappa shape index (κ3) is 4.36. The smallest absolute Gasteiger partial charge is 0.230 e. The first-order chi connectivity index (χ1) is 10.3. The number of amides is 1. The molecule has 6 heteroatoms. The van der Waals surface area contributed by atoms with Crippen molar-refractivity contribution in [1.82, 2.24) is 4.98 Å². The average molecular weight is 338 g/mol. The van der Waals surface area contributed by atoms with E-state index < -0.39 is 5.41 Å². The van der Waals surface area contributed by atoms with Gasteiger partial charge in [0.25, 0.3) is 0 Å². The fraction of sp³-hybridized carbons (Fsp3) is 0.250. The molecule has 0 aliphatic heterocycles. The van der Waals surface area contributed by atoms with Gasteiger partial charge >= 0.3 is 0 Å². The average Bonchev–Trinajstić information content (AvgIpc) is 2.43. The van der Waals surface area contributed by atoms with Crippen LogP contribution in [0.4, 0.5) is 17.2 Å². The molecular weight excluding hydrogens is 321 g/mol. The van der Waals surface area contributed by atoms with Crippen molar-refractivity contribution < 1.29 is 4.79 Å². The third-order valence-electron chi connectivity index (χ3n) is 2.90. The molecule has 0 atom stereocenters. The molecule has 0 fully saturated rings. The Balaban J connectivity index is 2.07. The molecule has 1 aromatic carbocycles. The van der Waals surface area contributed by atoms with Crippen molar-refractivity contribution in [2.45, 2.75) is 20.8 Å². The van der Waals surface area contributed by atoms with Crippen LogP contribution in [0.25, 0.3) is 0 Å². The van der Waals surface area contributed by atoms with Crippen LogP contribution in [0.3, 0.4) is 0 Å². The fourth-order valence-electron chi connectivity index (χ4n) is 1.59. The van der Waals surface area contributed by atoms with Gasteiger partial charge in [0.15, 0.2) is 0 Å². The molecule has 1 amide bonds. The summed E-state index contributed by atoms with van der Waals surface area (Å²) in [6.45, 7) is 5.54. The van der Waals surface area contributed by atoms with E-state index in [1.54, 1.807) is 30.5 Å². The zero-order valence-electron chi connectivity index (χ0n) is 12.6. The summed E-state index contributed by atoms with van der Waals surface area (Å²) in [5.41, 5.74) is 1.03. The highest BCUT2D eigenvalue weighted by Gasteiger charge is 2.21. The maximum Gasteiger partial charge on any atom is 0.230 e. The second kappa shape index (κ2) is 6.55. The molecule has 0 aliphatic carbocycles. The molecule has 116 valence electrons. The summed E-state index contributed by atoms with van der Waals surface area (Å²) in [5.74, 6) is 0.425. The largest absolute Gasteiger partial charge is 0.353 e. The Morgan fingerprint density at radius 1 is 1.14 bits per heavy atom. The molecule has 1 heterocycles. The van der Waals surface area contributed by atoms with E-state index in [9.17, 15) is 4.79 Å². The molecule has 2 N–H and O–H groups in total. The number of carbonyl (C=O) groups is 1. The molecule has 4 nitrogen and oxygen atoms in total. The van der Waals surface area contributed by atoms with Crippen LogP contribution in [0.2, 0.25) is 10.0 Å². The summed E-state index contributed by atoms with van der Waals surface area (Å²) >= 11 is 12.0. The number of nitrogens with one attached hydrogen (secondary N) is 2. The van der Waals surface area contributed by atoms with Gasteiger partial charge in [0.1, 0.15) is 5.82 Å². The first-order valence-corrected chi connectivity index (χ1v) is 7.51. The van der Waals surface area contributed by atoms with Crippen molar-refractivity contribution in [3.05, 3.63) is 46.6 Å². The summed E-state index contributed by atoms with van der Waals surface area (Å²) in [6, 6.07) is 8.75. The topological polar surface area (TPSA) is 54.0 Å². The third-order valence-corrected chi connectivity index (χ3v) is 3.44. The van der Waals surface area contributed by atoms with Crippen molar-refractivity contribution in [1.29, 1.82) is 0 Å². The first-order valence-electron chi connectivity index (χ1n) is 6.75. The highest BCUT2D eigenvalue weighted by atomic mass is 35.5. The van der Waals surface area contributed by atoms with Crippen molar-refractivity contribution >= 4 is 46.3 Å². The van der Waals surface area contributed by atoms with Gasteiger partial charge in [-0.05, 0) is 30.3 Å². The summed E-state index contributed by atoms with van der Waals surface area (Å²) < 4.78 is 0. The van der Waals surface area contributed by atoms with Gasteiger partial charge in [-0.3, -0.25) is 4.79 Å². The molecule has 0 unspecified atom stereocenters. The monoisotopic (exact) mass is 337 g/mol. The van der Waals surface area contributed by atoms with E-state index in [0.717, 1.165) is 11.4 Å². The molecule has 0 bridgehead atoms. The van der Waals surface area contributed by atoms with E-state index >= 15 is 0 Å². The maximum absolute atomic E-state index is 11.9. The number of pyridine rings is 1. The standard InChI is InChI=1S/C16H17Cl2N3O/c1-16(2,3)15(22)21-14-7-5-11(9-19-14)20-13-6-4-10(17)8-12(13)18/h4-9,20H,1-3H3,(H,19,21,22). The number of nitrogens with zero attached hydrogens (tertiary/aromatic N) is 1. The quantitative estimate of drug-likeness (QED) is 0.817. The SMILES string of the molecule is CC(C)(C)C(=O)Nc1ccc(Nc2ccc(Cl)cc2Cl)cn1. The van der Waals surface area contributed by atoms with Gasteiger partial charge in [-0.25, -0.2) is 4.98 Å². The molecule has 1 aromatic heterocycles. The number of halogens is 2. The summed E-state index contributed by atoms with van der Waals surface area (Å²) in [4.78, 5) is 16.1. The van der Waals surface area contributed by atoms with Crippen LogP contribution in [0.15, 0.2) is 36.5 Å². The molecule has 0 aliphatic rings. The second-order valence-electron chi connectivity index (χ2n) is 5.89. The van der Waals surface area contributed by atoms with Crippen molar-refractivity contribution in [2.75, 3.05) is 10.6 Å². The second-order valence-corrected chi connectivity index (χ2v) is 6.73. The van der Waals surface area contributed by atoms with Gasteiger partial charge < -0.3 is 10.6 Å². The van der Waals surface area contributed by atoms with Gasteiger partial charge in [0.05, 0.1) is 22.6 Å². The Labute approximate surface area is 139 Å². The minimum atomic E-state index is -0.463. The van der Waals surface area contributed by atoms with Crippen molar-refractivity contribution in [3.8, 4) is 0 Å². The Morgan fingerprint density at radius 2 is 1.86 bits per heavy atom. The van der Waals surface area contributed by atoms with Gasteiger partial charge in [-0.15, -0.1) is 0 Å². The van der Waals surface area contributed by atoms with Gasteiger partial charge in [-0.1, -0.05) is 44.0 Å². The molecule has 2 rings (SSSR count). The molecule has 0 saturated carbocycles. The van der Waals surface area contributed by atoms with Gasteiger partial charge in [0.2, 0.25) is 5.91 Å². The summed E-state index contributed by atoms with van der Waals surface area (Å²) in [5, 5.41) is 7.02. The first kappa shape index (κ1) is 16.6. The molecule has 22 heavy (non-hydrogen) atoms.